The van der Waals surface area contributed by atoms with Gasteiger partial charge in [0.15, 0.2) is 0 Å². The molecule has 2 rings (SSSR count). The van der Waals surface area contributed by atoms with E-state index in [1.165, 1.54) is 12.5 Å². The van der Waals surface area contributed by atoms with Crippen molar-refractivity contribution in [3.63, 3.8) is 0 Å². The number of hydrazone groups is 1. The third kappa shape index (κ3) is 3.55. The molecule has 0 bridgehead atoms. The van der Waals surface area contributed by atoms with Crippen LogP contribution < -0.4 is 15.9 Å². The van der Waals surface area contributed by atoms with E-state index in [9.17, 15) is 4.79 Å². The van der Waals surface area contributed by atoms with Crippen LogP contribution in [0, 0.1) is 0 Å². The molecule has 0 aliphatic heterocycles. The van der Waals surface area contributed by atoms with Crippen LogP contribution >= 0.6 is 0 Å². The molecule has 0 atom stereocenters. The van der Waals surface area contributed by atoms with Crippen molar-refractivity contribution in [1.82, 2.24) is 20.2 Å². The van der Waals surface area contributed by atoms with Crippen LogP contribution in [0.4, 0.5) is 4.79 Å². The Morgan fingerprint density at radius 2 is 2.45 bits per heavy atom. The fourth-order valence-electron chi connectivity index (χ4n) is 1.66. The number of nitrogens with zero attached hydrogens (tertiary/aromatic N) is 4. The van der Waals surface area contributed by atoms with E-state index >= 15 is 0 Å². The summed E-state index contributed by atoms with van der Waals surface area (Å²) in [5, 5.41) is 7.75. The number of urea groups is 1. The van der Waals surface area contributed by atoms with Crippen LogP contribution in [0.2, 0.25) is 0 Å². The van der Waals surface area contributed by atoms with E-state index in [1.54, 1.807) is 18.1 Å². The quantitative estimate of drug-likeness (QED) is 0.605. The molecule has 0 radical (unpaired) electrons. The number of hydrogen-bond donors (Lipinski definition) is 2. The Bertz CT molecular complexity index is 608. The number of hydrogen-bond acceptors (Lipinski definition) is 5. The van der Waals surface area contributed by atoms with Gasteiger partial charge in [-0.25, -0.2) is 19.9 Å². The molecule has 8 heteroatoms. The lowest BCUT2D eigenvalue weighted by Gasteiger charge is -2.09. The third-order valence-electron chi connectivity index (χ3n) is 2.49. The number of primary amides is 1. The number of nitrogens with two attached hydrogens (primary N) is 1. The van der Waals surface area contributed by atoms with Gasteiger partial charge in [-0.05, 0) is 23.8 Å². The molecule has 3 N–H and O–H groups in total. The first kappa shape index (κ1) is 13.5. The minimum absolute atomic E-state index is 0.522. The lowest BCUT2D eigenvalue weighted by Crippen LogP contribution is -2.24. The molecule has 0 spiro atoms. The summed E-state index contributed by atoms with van der Waals surface area (Å²) in [6.07, 6.45) is 4.58. The highest BCUT2D eigenvalue weighted by Gasteiger charge is 2.05. The summed E-state index contributed by atoms with van der Waals surface area (Å²) in [6.45, 7) is 0.522. The Balaban J connectivity index is 2.20. The molecule has 0 saturated carbocycles. The Kier molecular flexibility index (Phi) is 4.28. The summed E-state index contributed by atoms with van der Waals surface area (Å²) < 4.78 is 6.98. The van der Waals surface area contributed by atoms with E-state index < -0.39 is 6.03 Å². The first-order valence-corrected chi connectivity index (χ1v) is 5.77. The summed E-state index contributed by atoms with van der Waals surface area (Å²) in [5.41, 5.74) is 8.78. The summed E-state index contributed by atoms with van der Waals surface area (Å²) in [7, 11) is 1.60. The highest BCUT2D eigenvalue weighted by molar-refractivity contribution is 5.82. The van der Waals surface area contributed by atoms with Gasteiger partial charge in [-0.3, -0.25) is 0 Å². The topological polar surface area (TPSA) is 107 Å². The molecular formula is C12H14N6O2. The number of benzene rings is 1. The molecule has 0 saturated heterocycles. The largest absolute Gasteiger partial charge is 0.496 e. The fourth-order valence-corrected chi connectivity index (χ4v) is 1.66. The van der Waals surface area contributed by atoms with Gasteiger partial charge in [-0.1, -0.05) is 0 Å². The highest BCUT2D eigenvalue weighted by Crippen LogP contribution is 2.20. The van der Waals surface area contributed by atoms with Gasteiger partial charge in [0.25, 0.3) is 0 Å². The van der Waals surface area contributed by atoms with Gasteiger partial charge in [0.05, 0.1) is 19.9 Å². The van der Waals surface area contributed by atoms with Crippen molar-refractivity contribution >= 4 is 12.2 Å². The standard InChI is InChI=1S/C12H14N6O2/c1-20-11-3-2-9(5-15-17-12(13)19)4-10(11)6-18-8-14-7-16-18/h2-5,7-8H,6H2,1H3,(H3,13,17,19). The van der Waals surface area contributed by atoms with E-state index in [2.05, 4.69) is 20.6 Å². The number of aromatic nitrogens is 3. The van der Waals surface area contributed by atoms with Gasteiger partial charge in [0, 0.05) is 5.56 Å². The smallest absolute Gasteiger partial charge is 0.332 e. The number of rotatable bonds is 5. The molecule has 1 aromatic carbocycles. The number of nitrogens with one attached hydrogen (secondary N) is 1. The minimum Gasteiger partial charge on any atom is -0.496 e. The SMILES string of the molecule is COc1ccc(C=NNC(N)=O)cc1Cn1cncn1. The van der Waals surface area contributed by atoms with Gasteiger partial charge in [0.1, 0.15) is 18.4 Å². The normalized spacial score (nSPS) is 10.7. The molecule has 0 fully saturated rings. The number of ether oxygens (including phenoxy) is 1. The van der Waals surface area contributed by atoms with Gasteiger partial charge in [-0.15, -0.1) is 0 Å². The predicted molar refractivity (Wildman–Crippen MR) is 72.4 cm³/mol. The van der Waals surface area contributed by atoms with Crippen molar-refractivity contribution < 1.29 is 9.53 Å². The molecule has 0 unspecified atom stereocenters. The molecule has 104 valence electrons. The zero-order chi connectivity index (χ0) is 14.4. The first-order valence-electron chi connectivity index (χ1n) is 5.77. The molecule has 8 nitrogen and oxygen atoms in total. The van der Waals surface area contributed by atoms with E-state index in [0.29, 0.717) is 6.54 Å². The van der Waals surface area contributed by atoms with Crippen LogP contribution in [0.25, 0.3) is 0 Å². The number of carbonyl (C=O) groups is 1. The molecule has 1 heterocycles. The summed E-state index contributed by atoms with van der Waals surface area (Å²) in [4.78, 5) is 14.4. The first-order chi connectivity index (χ1) is 9.69. The molecule has 20 heavy (non-hydrogen) atoms. The lowest BCUT2D eigenvalue weighted by molar-refractivity contribution is 0.249. The fraction of sp³-hybridized carbons (Fsp3) is 0.167. The van der Waals surface area contributed by atoms with Crippen molar-refractivity contribution in [2.45, 2.75) is 6.54 Å². The minimum atomic E-state index is -0.711. The van der Waals surface area contributed by atoms with Crippen molar-refractivity contribution in [3.05, 3.63) is 42.0 Å². The number of methoxy groups -OCH3 is 1. The maximum absolute atomic E-state index is 10.5. The number of carbonyl (C=O) groups excluding carboxylic acids is 1. The monoisotopic (exact) mass is 274 g/mol. The van der Waals surface area contributed by atoms with Crippen molar-refractivity contribution in [3.8, 4) is 5.75 Å². The second kappa shape index (κ2) is 6.32. The van der Waals surface area contributed by atoms with Crippen LogP contribution in [0.3, 0.4) is 0 Å². The van der Waals surface area contributed by atoms with Crippen LogP contribution in [0.5, 0.6) is 5.75 Å². The van der Waals surface area contributed by atoms with Gasteiger partial charge >= 0.3 is 6.03 Å². The van der Waals surface area contributed by atoms with Gasteiger partial charge in [0.2, 0.25) is 0 Å². The van der Waals surface area contributed by atoms with Crippen LogP contribution in [-0.2, 0) is 6.54 Å². The third-order valence-corrected chi connectivity index (χ3v) is 2.49. The van der Waals surface area contributed by atoms with Crippen LogP contribution in [0.15, 0.2) is 36.0 Å². The Morgan fingerprint density at radius 3 is 3.10 bits per heavy atom. The van der Waals surface area contributed by atoms with Crippen molar-refractivity contribution in [2.24, 2.45) is 10.8 Å². The Hall–Kier alpha value is -2.90. The average Bonchev–Trinajstić information content (AvgIpc) is 2.91. The second-order valence-electron chi connectivity index (χ2n) is 3.90. The maximum atomic E-state index is 10.5. The Labute approximate surface area is 115 Å². The molecular weight excluding hydrogens is 260 g/mol. The maximum Gasteiger partial charge on any atom is 0.332 e. The summed E-state index contributed by atoms with van der Waals surface area (Å²) >= 11 is 0. The van der Waals surface area contributed by atoms with E-state index in [4.69, 9.17) is 10.5 Å². The van der Waals surface area contributed by atoms with E-state index in [0.717, 1.165) is 16.9 Å². The second-order valence-corrected chi connectivity index (χ2v) is 3.90. The summed E-state index contributed by atoms with van der Waals surface area (Å²) in [6, 6.07) is 4.80. The molecule has 0 aliphatic carbocycles. The van der Waals surface area contributed by atoms with Gasteiger partial charge < -0.3 is 10.5 Å². The predicted octanol–water partition coefficient (Wildman–Crippen LogP) is 0.337. The van der Waals surface area contributed by atoms with Crippen molar-refractivity contribution in [2.75, 3.05) is 7.11 Å². The summed E-state index contributed by atoms with van der Waals surface area (Å²) in [5.74, 6) is 0.737. The highest BCUT2D eigenvalue weighted by atomic mass is 16.5. The average molecular weight is 274 g/mol. The zero-order valence-corrected chi connectivity index (χ0v) is 10.9. The number of amides is 2. The van der Waals surface area contributed by atoms with Gasteiger partial charge in [-0.2, -0.15) is 10.2 Å². The van der Waals surface area contributed by atoms with E-state index in [-0.39, 0.29) is 0 Å². The lowest BCUT2D eigenvalue weighted by atomic mass is 10.1. The molecule has 2 amide bonds. The van der Waals surface area contributed by atoms with E-state index in [1.807, 2.05) is 18.2 Å². The van der Waals surface area contributed by atoms with Crippen LogP contribution in [0.1, 0.15) is 11.1 Å². The molecule has 2 aromatic rings. The molecule has 0 aliphatic rings. The zero-order valence-electron chi connectivity index (χ0n) is 10.9. The molecule has 1 aromatic heterocycles. The van der Waals surface area contributed by atoms with Crippen molar-refractivity contribution in [1.29, 1.82) is 0 Å². The Morgan fingerprint density at radius 1 is 1.60 bits per heavy atom. The van der Waals surface area contributed by atoms with Crippen LogP contribution in [-0.4, -0.2) is 34.1 Å².